The number of halogens is 1. The molecule has 0 aromatic heterocycles. The monoisotopic (exact) mass is 416 g/mol. The van der Waals surface area contributed by atoms with Crippen LogP contribution in [0.15, 0.2) is 48.5 Å². The second kappa shape index (κ2) is 11.6. The van der Waals surface area contributed by atoms with E-state index in [1.54, 1.807) is 0 Å². The molecule has 0 saturated heterocycles. The highest BCUT2D eigenvalue weighted by molar-refractivity contribution is 9.09. The van der Waals surface area contributed by atoms with Gasteiger partial charge in [-0.2, -0.15) is 0 Å². The van der Waals surface area contributed by atoms with Crippen LogP contribution in [0, 0.1) is 12.3 Å². The van der Waals surface area contributed by atoms with Gasteiger partial charge in [-0.1, -0.05) is 73.8 Å². The summed E-state index contributed by atoms with van der Waals surface area (Å²) in [5, 5.41) is 0.958. The molecule has 2 aromatic rings. The first kappa shape index (κ1) is 22.1. The van der Waals surface area contributed by atoms with Gasteiger partial charge in [0.05, 0.1) is 6.61 Å². The standard InChI is InChI=1S/C21H23BrO2.C2H6/c1-4-15-23-19-10-6-17(7-11-19)21(2,3)18-8-12-20(13-9-18)24-16-5-14-22;1-2/h1,6-13H,5,14-16H2,2-3H3;1-2H3. The van der Waals surface area contributed by atoms with Crippen LogP contribution < -0.4 is 9.47 Å². The lowest BCUT2D eigenvalue weighted by molar-refractivity contribution is 0.319. The predicted molar refractivity (Wildman–Crippen MR) is 115 cm³/mol. The number of ether oxygens (including phenoxy) is 2. The summed E-state index contributed by atoms with van der Waals surface area (Å²) in [7, 11) is 0. The van der Waals surface area contributed by atoms with E-state index in [-0.39, 0.29) is 5.41 Å². The fourth-order valence-corrected chi connectivity index (χ4v) is 2.70. The van der Waals surface area contributed by atoms with Crippen LogP contribution in [0.4, 0.5) is 0 Å². The Balaban J connectivity index is 0.00000163. The third-order valence-corrected chi connectivity index (χ3v) is 4.58. The van der Waals surface area contributed by atoms with E-state index >= 15 is 0 Å². The van der Waals surface area contributed by atoms with E-state index in [0.717, 1.165) is 29.9 Å². The SMILES string of the molecule is C#CCOc1ccc(C(C)(C)c2ccc(OCCCBr)cc2)cc1.CC. The Morgan fingerprint density at radius 3 is 1.77 bits per heavy atom. The molecular weight excluding hydrogens is 388 g/mol. The van der Waals surface area contributed by atoms with E-state index in [2.05, 4.69) is 60.0 Å². The van der Waals surface area contributed by atoms with Gasteiger partial charge < -0.3 is 9.47 Å². The third-order valence-electron chi connectivity index (χ3n) is 4.02. The topological polar surface area (TPSA) is 18.5 Å². The Bertz CT molecular complexity index is 667. The summed E-state index contributed by atoms with van der Waals surface area (Å²) in [6.07, 6.45) is 6.22. The van der Waals surface area contributed by atoms with Gasteiger partial charge >= 0.3 is 0 Å². The van der Waals surface area contributed by atoms with Crippen LogP contribution in [0.2, 0.25) is 0 Å². The Hall–Kier alpha value is -1.92. The molecule has 0 aliphatic heterocycles. The molecule has 0 radical (unpaired) electrons. The Labute approximate surface area is 167 Å². The van der Waals surface area contributed by atoms with Crippen LogP contribution in [-0.2, 0) is 5.41 Å². The summed E-state index contributed by atoms with van der Waals surface area (Å²) in [6.45, 7) is 9.45. The number of benzene rings is 2. The Kier molecular flexibility index (Phi) is 9.91. The van der Waals surface area contributed by atoms with Crippen LogP contribution >= 0.6 is 15.9 Å². The molecule has 0 fully saturated rings. The zero-order chi connectivity index (χ0) is 19.4. The second-order valence-electron chi connectivity index (χ2n) is 6.06. The Morgan fingerprint density at radius 1 is 0.885 bits per heavy atom. The van der Waals surface area contributed by atoms with Crippen molar-refractivity contribution in [1.29, 1.82) is 0 Å². The van der Waals surface area contributed by atoms with Gasteiger partial charge in [0.1, 0.15) is 18.1 Å². The molecule has 2 aromatic carbocycles. The van der Waals surface area contributed by atoms with Crippen molar-refractivity contribution in [3.8, 4) is 23.8 Å². The lowest BCUT2D eigenvalue weighted by Gasteiger charge is -2.26. The van der Waals surface area contributed by atoms with Gasteiger partial charge in [0.15, 0.2) is 0 Å². The quantitative estimate of drug-likeness (QED) is 0.289. The summed E-state index contributed by atoms with van der Waals surface area (Å²) < 4.78 is 11.1. The fourth-order valence-electron chi connectivity index (χ4n) is 2.47. The number of terminal acetylenes is 1. The molecule has 26 heavy (non-hydrogen) atoms. The van der Waals surface area contributed by atoms with Gasteiger partial charge in [-0.15, -0.1) is 6.42 Å². The Morgan fingerprint density at radius 2 is 1.35 bits per heavy atom. The lowest BCUT2D eigenvalue weighted by Crippen LogP contribution is -2.18. The van der Waals surface area contributed by atoms with Crippen molar-refractivity contribution in [2.24, 2.45) is 0 Å². The smallest absolute Gasteiger partial charge is 0.148 e. The van der Waals surface area contributed by atoms with Crippen LogP contribution in [0.25, 0.3) is 0 Å². The van der Waals surface area contributed by atoms with Crippen molar-refractivity contribution in [3.05, 3.63) is 59.7 Å². The molecule has 0 N–H and O–H groups in total. The number of rotatable bonds is 8. The fraction of sp³-hybridized carbons (Fsp3) is 0.391. The van der Waals surface area contributed by atoms with Crippen molar-refractivity contribution in [1.82, 2.24) is 0 Å². The maximum atomic E-state index is 5.71. The zero-order valence-corrected chi connectivity index (χ0v) is 17.8. The largest absolute Gasteiger partial charge is 0.494 e. The molecule has 0 aliphatic carbocycles. The van der Waals surface area contributed by atoms with Gasteiger partial charge in [0, 0.05) is 10.7 Å². The minimum absolute atomic E-state index is 0.0982. The minimum atomic E-state index is -0.0982. The van der Waals surface area contributed by atoms with Crippen LogP contribution in [0.5, 0.6) is 11.5 Å². The molecule has 0 heterocycles. The van der Waals surface area contributed by atoms with Crippen molar-refractivity contribution < 1.29 is 9.47 Å². The van der Waals surface area contributed by atoms with E-state index in [0.29, 0.717) is 6.61 Å². The van der Waals surface area contributed by atoms with Crippen LogP contribution in [0.3, 0.4) is 0 Å². The first-order chi connectivity index (χ1) is 12.6. The molecule has 0 unspecified atom stereocenters. The van der Waals surface area contributed by atoms with E-state index in [9.17, 15) is 0 Å². The van der Waals surface area contributed by atoms with Crippen LogP contribution in [-0.4, -0.2) is 18.5 Å². The minimum Gasteiger partial charge on any atom is -0.494 e. The summed E-state index contributed by atoms with van der Waals surface area (Å²) in [4.78, 5) is 0. The van der Waals surface area contributed by atoms with Crippen molar-refractivity contribution in [2.75, 3.05) is 18.5 Å². The lowest BCUT2D eigenvalue weighted by atomic mass is 9.78. The van der Waals surface area contributed by atoms with Crippen molar-refractivity contribution in [2.45, 2.75) is 39.5 Å². The molecule has 2 nitrogen and oxygen atoms in total. The van der Waals surface area contributed by atoms with E-state index in [4.69, 9.17) is 15.9 Å². The second-order valence-corrected chi connectivity index (χ2v) is 6.85. The van der Waals surface area contributed by atoms with E-state index in [1.165, 1.54) is 11.1 Å². The summed E-state index contributed by atoms with van der Waals surface area (Å²) in [6, 6.07) is 16.4. The molecular formula is C23H29BrO2. The normalized spacial score (nSPS) is 10.3. The van der Waals surface area contributed by atoms with E-state index in [1.807, 2.05) is 38.1 Å². The van der Waals surface area contributed by atoms with Gasteiger partial charge in [-0.3, -0.25) is 0 Å². The summed E-state index contributed by atoms with van der Waals surface area (Å²) in [5.41, 5.74) is 2.37. The number of hydrogen-bond donors (Lipinski definition) is 0. The average Bonchev–Trinajstić information content (AvgIpc) is 2.69. The van der Waals surface area contributed by atoms with Gasteiger partial charge in [-0.25, -0.2) is 0 Å². The molecule has 2 rings (SSSR count). The predicted octanol–water partition coefficient (Wildman–Crippen LogP) is 6.21. The molecule has 0 atom stereocenters. The van der Waals surface area contributed by atoms with Gasteiger partial charge in [0.2, 0.25) is 0 Å². The van der Waals surface area contributed by atoms with E-state index < -0.39 is 0 Å². The zero-order valence-electron chi connectivity index (χ0n) is 16.2. The van der Waals surface area contributed by atoms with Gasteiger partial charge in [-0.05, 0) is 41.8 Å². The molecule has 0 bridgehead atoms. The molecule has 0 spiro atoms. The first-order valence-electron chi connectivity index (χ1n) is 9.04. The van der Waals surface area contributed by atoms with Crippen LogP contribution in [0.1, 0.15) is 45.2 Å². The molecule has 0 amide bonds. The highest BCUT2D eigenvalue weighted by atomic mass is 79.9. The third kappa shape index (κ3) is 6.42. The first-order valence-corrected chi connectivity index (χ1v) is 10.2. The highest BCUT2D eigenvalue weighted by Gasteiger charge is 2.23. The summed E-state index contributed by atoms with van der Waals surface area (Å²) >= 11 is 3.41. The average molecular weight is 417 g/mol. The summed E-state index contributed by atoms with van der Waals surface area (Å²) in [5.74, 6) is 4.18. The molecule has 3 heteroatoms. The van der Waals surface area contributed by atoms with Crippen molar-refractivity contribution in [3.63, 3.8) is 0 Å². The molecule has 0 saturated carbocycles. The molecule has 0 aliphatic rings. The maximum Gasteiger partial charge on any atom is 0.148 e. The molecule has 140 valence electrons. The highest BCUT2D eigenvalue weighted by Crippen LogP contribution is 2.33. The van der Waals surface area contributed by atoms with Crippen molar-refractivity contribution >= 4 is 15.9 Å². The number of alkyl halides is 1. The van der Waals surface area contributed by atoms with Gasteiger partial charge in [0.25, 0.3) is 0 Å². The maximum absolute atomic E-state index is 5.71. The number of hydrogen-bond acceptors (Lipinski definition) is 2.